The number of rotatable bonds is 2. The van der Waals surface area contributed by atoms with Crippen LogP contribution >= 0.6 is 11.6 Å². The van der Waals surface area contributed by atoms with Crippen LogP contribution in [0.25, 0.3) is 0 Å². The Hall–Kier alpha value is -1.38. The highest BCUT2D eigenvalue weighted by Gasteiger charge is 2.14. The van der Waals surface area contributed by atoms with Gasteiger partial charge in [0, 0.05) is 11.2 Å². The van der Waals surface area contributed by atoms with E-state index in [0.717, 1.165) is 16.7 Å². The maximum absolute atomic E-state index is 10.3. The highest BCUT2D eigenvalue weighted by molar-refractivity contribution is 6.30. The lowest BCUT2D eigenvalue weighted by atomic mass is 10.0. The Labute approximate surface area is 106 Å². The minimum atomic E-state index is -0.728. The normalized spacial score (nSPS) is 12.5. The molecule has 0 bridgehead atoms. The first-order valence-electron chi connectivity index (χ1n) is 5.44. The van der Waals surface area contributed by atoms with Crippen molar-refractivity contribution in [1.29, 1.82) is 0 Å². The molecule has 88 valence electrons. The molecule has 0 aliphatic carbocycles. The first-order chi connectivity index (χ1) is 8.08. The molecule has 1 N–H and O–H groups in total. The number of aliphatic hydroxyl groups is 1. The van der Waals surface area contributed by atoms with Crippen molar-refractivity contribution in [3.05, 3.63) is 63.9 Å². The summed E-state index contributed by atoms with van der Waals surface area (Å²) in [5.74, 6) is 0. The van der Waals surface area contributed by atoms with Crippen LogP contribution in [0.1, 0.15) is 28.5 Å². The third-order valence-electron chi connectivity index (χ3n) is 2.68. The smallest absolute Gasteiger partial charge is 0.121 e. The van der Waals surface area contributed by atoms with Gasteiger partial charge in [0.2, 0.25) is 0 Å². The van der Waals surface area contributed by atoms with E-state index in [0.29, 0.717) is 10.7 Å². The Morgan fingerprint density at radius 1 is 1.24 bits per heavy atom. The molecule has 0 radical (unpaired) electrons. The molecule has 0 saturated carbocycles. The summed E-state index contributed by atoms with van der Waals surface area (Å²) in [5, 5.41) is 10.9. The Balaban J connectivity index is 2.40. The van der Waals surface area contributed by atoms with Crippen LogP contribution in [0.4, 0.5) is 0 Å². The van der Waals surface area contributed by atoms with E-state index in [4.69, 9.17) is 11.6 Å². The van der Waals surface area contributed by atoms with E-state index >= 15 is 0 Å². The molecule has 17 heavy (non-hydrogen) atoms. The van der Waals surface area contributed by atoms with E-state index in [1.54, 1.807) is 18.3 Å². The van der Waals surface area contributed by atoms with Gasteiger partial charge in [-0.05, 0) is 42.7 Å². The van der Waals surface area contributed by atoms with Crippen LogP contribution in [0.5, 0.6) is 0 Å². The molecule has 0 fully saturated rings. The summed E-state index contributed by atoms with van der Waals surface area (Å²) in [6, 6.07) is 9.22. The molecular formula is C14H14ClNO. The average Bonchev–Trinajstić information content (AvgIpc) is 2.28. The molecule has 0 spiro atoms. The summed E-state index contributed by atoms with van der Waals surface area (Å²) in [6.07, 6.45) is 1.03. The first kappa shape index (κ1) is 12.1. The second-order valence-corrected chi connectivity index (χ2v) is 4.61. The largest absolute Gasteiger partial charge is 0.382 e. The Bertz CT molecular complexity index is 539. The number of aryl methyl sites for hydroxylation is 2. The van der Waals surface area contributed by atoms with Gasteiger partial charge in [-0.2, -0.15) is 0 Å². The van der Waals surface area contributed by atoms with E-state index in [1.807, 2.05) is 32.0 Å². The highest BCUT2D eigenvalue weighted by Crippen LogP contribution is 2.25. The number of aliphatic hydroxyl groups excluding tert-OH is 1. The van der Waals surface area contributed by atoms with Crippen LogP contribution in [-0.2, 0) is 0 Å². The average molecular weight is 248 g/mol. The monoisotopic (exact) mass is 247 g/mol. The topological polar surface area (TPSA) is 33.1 Å². The molecule has 0 aliphatic heterocycles. The molecule has 1 unspecified atom stereocenters. The van der Waals surface area contributed by atoms with Gasteiger partial charge in [0.05, 0.1) is 5.69 Å². The fourth-order valence-electron chi connectivity index (χ4n) is 1.85. The third-order valence-corrected chi connectivity index (χ3v) is 2.91. The zero-order valence-electron chi connectivity index (χ0n) is 9.81. The summed E-state index contributed by atoms with van der Waals surface area (Å²) in [4.78, 5) is 4.29. The van der Waals surface area contributed by atoms with Crippen molar-refractivity contribution in [2.75, 3.05) is 0 Å². The fourth-order valence-corrected chi connectivity index (χ4v) is 2.05. The standard InChI is InChI=1S/C14H14ClNO/c1-9-6-10(2)13(16-8-9)14(17)11-4-3-5-12(15)7-11/h3-8,14,17H,1-2H3. The summed E-state index contributed by atoms with van der Waals surface area (Å²) in [5.41, 5.74) is 3.51. The maximum atomic E-state index is 10.3. The van der Waals surface area contributed by atoms with E-state index in [-0.39, 0.29) is 0 Å². The molecule has 2 rings (SSSR count). The van der Waals surface area contributed by atoms with Gasteiger partial charge in [-0.1, -0.05) is 29.8 Å². The van der Waals surface area contributed by atoms with Crippen molar-refractivity contribution in [1.82, 2.24) is 4.98 Å². The third kappa shape index (κ3) is 2.65. The van der Waals surface area contributed by atoms with Gasteiger partial charge in [-0.15, -0.1) is 0 Å². The summed E-state index contributed by atoms with van der Waals surface area (Å²) < 4.78 is 0. The zero-order valence-corrected chi connectivity index (χ0v) is 10.6. The number of hydrogen-bond acceptors (Lipinski definition) is 2. The Kier molecular flexibility index (Phi) is 3.46. The quantitative estimate of drug-likeness (QED) is 0.882. The van der Waals surface area contributed by atoms with Gasteiger partial charge in [0.25, 0.3) is 0 Å². The second-order valence-electron chi connectivity index (χ2n) is 4.17. The van der Waals surface area contributed by atoms with Crippen molar-refractivity contribution in [3.8, 4) is 0 Å². The van der Waals surface area contributed by atoms with Crippen LogP contribution in [0, 0.1) is 13.8 Å². The van der Waals surface area contributed by atoms with Gasteiger partial charge >= 0.3 is 0 Å². The highest BCUT2D eigenvalue weighted by atomic mass is 35.5. The van der Waals surface area contributed by atoms with Crippen molar-refractivity contribution in [2.24, 2.45) is 0 Å². The van der Waals surface area contributed by atoms with Gasteiger partial charge in [0.15, 0.2) is 0 Å². The summed E-state index contributed by atoms with van der Waals surface area (Å²) >= 11 is 5.91. The lowest BCUT2D eigenvalue weighted by molar-refractivity contribution is 0.214. The van der Waals surface area contributed by atoms with E-state index in [9.17, 15) is 5.11 Å². The second kappa shape index (κ2) is 4.86. The molecule has 3 heteroatoms. The van der Waals surface area contributed by atoms with Crippen molar-refractivity contribution in [2.45, 2.75) is 20.0 Å². The van der Waals surface area contributed by atoms with Crippen LogP contribution in [-0.4, -0.2) is 10.1 Å². The molecule has 2 aromatic rings. The molecule has 0 saturated heterocycles. The van der Waals surface area contributed by atoms with Gasteiger partial charge in [-0.25, -0.2) is 0 Å². The summed E-state index contributed by atoms with van der Waals surface area (Å²) in [6.45, 7) is 3.93. The maximum Gasteiger partial charge on any atom is 0.121 e. The number of nitrogens with zero attached hydrogens (tertiary/aromatic N) is 1. The molecule has 0 aliphatic rings. The molecule has 1 atom stereocenters. The molecule has 0 amide bonds. The van der Waals surface area contributed by atoms with Crippen LogP contribution in [0.15, 0.2) is 36.5 Å². The Morgan fingerprint density at radius 3 is 2.65 bits per heavy atom. The van der Waals surface area contributed by atoms with Crippen LogP contribution in [0.3, 0.4) is 0 Å². The van der Waals surface area contributed by atoms with Crippen molar-refractivity contribution in [3.63, 3.8) is 0 Å². The number of aromatic nitrogens is 1. The molecular weight excluding hydrogens is 234 g/mol. The van der Waals surface area contributed by atoms with E-state index in [1.165, 1.54) is 0 Å². The van der Waals surface area contributed by atoms with E-state index in [2.05, 4.69) is 4.98 Å². The number of hydrogen-bond donors (Lipinski definition) is 1. The van der Waals surface area contributed by atoms with E-state index < -0.39 is 6.10 Å². The van der Waals surface area contributed by atoms with Crippen molar-refractivity contribution >= 4 is 11.6 Å². The first-order valence-corrected chi connectivity index (χ1v) is 5.82. The van der Waals surface area contributed by atoms with Crippen LogP contribution in [0.2, 0.25) is 5.02 Å². The van der Waals surface area contributed by atoms with Gasteiger partial charge in [0.1, 0.15) is 6.10 Å². The SMILES string of the molecule is Cc1cnc(C(O)c2cccc(Cl)c2)c(C)c1. The minimum absolute atomic E-state index is 0.617. The van der Waals surface area contributed by atoms with Crippen molar-refractivity contribution < 1.29 is 5.11 Å². The summed E-state index contributed by atoms with van der Waals surface area (Å²) in [7, 11) is 0. The predicted molar refractivity (Wildman–Crippen MR) is 69.2 cm³/mol. The number of pyridine rings is 1. The van der Waals surface area contributed by atoms with Gasteiger partial charge < -0.3 is 5.11 Å². The lowest BCUT2D eigenvalue weighted by Gasteiger charge is -2.13. The molecule has 1 aromatic carbocycles. The lowest BCUT2D eigenvalue weighted by Crippen LogP contribution is -2.05. The molecule has 1 heterocycles. The number of benzene rings is 1. The van der Waals surface area contributed by atoms with Crippen LogP contribution < -0.4 is 0 Å². The fraction of sp³-hybridized carbons (Fsp3) is 0.214. The predicted octanol–water partition coefficient (Wildman–Crippen LogP) is 3.43. The zero-order chi connectivity index (χ0) is 12.4. The molecule has 2 nitrogen and oxygen atoms in total. The van der Waals surface area contributed by atoms with Gasteiger partial charge in [-0.3, -0.25) is 4.98 Å². The molecule has 1 aromatic heterocycles. The number of halogens is 1. The Morgan fingerprint density at radius 2 is 2.00 bits per heavy atom. The minimum Gasteiger partial charge on any atom is -0.382 e.